The fraction of sp³-hybridized carbons (Fsp3) is 0.273. The quantitative estimate of drug-likeness (QED) is 0.577. The Morgan fingerprint density at radius 2 is 2.17 bits per heavy atom. The minimum absolute atomic E-state index is 0.961. The molecule has 1 heteroatoms. The first-order valence-corrected chi connectivity index (χ1v) is 4.92. The molecule has 0 amide bonds. The van der Waals surface area contributed by atoms with Crippen molar-refractivity contribution in [2.45, 2.75) is 13.8 Å². The smallest absolute Gasteiger partial charge is 0.0228 e. The van der Waals surface area contributed by atoms with Crippen LogP contribution in [0.15, 0.2) is 47.9 Å². The summed E-state index contributed by atoms with van der Waals surface area (Å²) in [5.74, 6) is 0.961. The molecule has 0 aliphatic carbocycles. The first-order valence-electron chi connectivity index (χ1n) is 3.93. The van der Waals surface area contributed by atoms with Crippen LogP contribution in [0.5, 0.6) is 0 Å². The van der Waals surface area contributed by atoms with Crippen LogP contribution in [0.2, 0.25) is 0 Å². The van der Waals surface area contributed by atoms with E-state index in [-0.39, 0.29) is 0 Å². The molecule has 0 aliphatic heterocycles. The molecule has 0 unspecified atom stereocenters. The van der Waals surface area contributed by atoms with Crippen LogP contribution < -0.4 is 0 Å². The Hall–Kier alpha value is -0.690. The summed E-state index contributed by atoms with van der Waals surface area (Å²) in [5.41, 5.74) is 1.24. The highest BCUT2D eigenvalue weighted by Gasteiger charge is 1.91. The molecule has 0 rings (SSSR count). The van der Waals surface area contributed by atoms with E-state index in [1.165, 1.54) is 5.57 Å². The second-order valence-corrected chi connectivity index (χ2v) is 3.74. The van der Waals surface area contributed by atoms with E-state index in [9.17, 15) is 0 Å². The normalized spacial score (nSPS) is 12.0. The molecule has 0 spiro atoms. The van der Waals surface area contributed by atoms with Gasteiger partial charge in [-0.3, -0.25) is 0 Å². The summed E-state index contributed by atoms with van der Waals surface area (Å²) in [6.07, 6.45) is 7.99. The molecule has 0 N–H and O–H groups in total. The fourth-order valence-electron chi connectivity index (χ4n) is 0.601. The monoisotopic (exact) mass is 180 g/mol. The van der Waals surface area contributed by atoms with Gasteiger partial charge in [0.25, 0.3) is 0 Å². The number of rotatable bonds is 5. The Bertz CT molecular complexity index is 209. The van der Waals surface area contributed by atoms with Gasteiger partial charge in [0, 0.05) is 5.75 Å². The summed E-state index contributed by atoms with van der Waals surface area (Å²) < 4.78 is 0. The fourth-order valence-corrected chi connectivity index (χ4v) is 1.23. The van der Waals surface area contributed by atoms with Crippen LogP contribution in [0.4, 0.5) is 0 Å². The average Bonchev–Trinajstić information content (AvgIpc) is 2.05. The van der Waals surface area contributed by atoms with Gasteiger partial charge in [0.1, 0.15) is 0 Å². The van der Waals surface area contributed by atoms with Crippen LogP contribution in [0.25, 0.3) is 0 Å². The predicted octanol–water partition coefficient (Wildman–Crippen LogP) is 3.94. The van der Waals surface area contributed by atoms with E-state index < -0.39 is 0 Å². The van der Waals surface area contributed by atoms with Crippen molar-refractivity contribution in [1.82, 2.24) is 0 Å². The third-order valence-electron chi connectivity index (χ3n) is 1.25. The van der Waals surface area contributed by atoms with Gasteiger partial charge in [-0.2, -0.15) is 0 Å². The van der Waals surface area contributed by atoms with Crippen molar-refractivity contribution in [2.75, 3.05) is 5.75 Å². The molecule has 0 aromatic rings. The maximum atomic E-state index is 3.83. The number of thioether (sulfide) groups is 1. The SMILES string of the molecule is C=C/C(=C\C=C/C)CSC(=C)C. The van der Waals surface area contributed by atoms with Gasteiger partial charge in [-0.05, 0) is 24.3 Å². The van der Waals surface area contributed by atoms with E-state index in [0.29, 0.717) is 0 Å². The van der Waals surface area contributed by atoms with E-state index >= 15 is 0 Å². The molecule has 0 saturated heterocycles. The zero-order valence-electron chi connectivity index (χ0n) is 7.84. The third kappa shape index (κ3) is 6.05. The second kappa shape index (κ2) is 6.99. The Morgan fingerprint density at radius 3 is 2.58 bits per heavy atom. The van der Waals surface area contributed by atoms with Gasteiger partial charge >= 0.3 is 0 Å². The van der Waals surface area contributed by atoms with E-state index in [2.05, 4.69) is 19.2 Å². The summed E-state index contributed by atoms with van der Waals surface area (Å²) >= 11 is 1.75. The first-order chi connectivity index (χ1) is 5.70. The molecule has 12 heavy (non-hydrogen) atoms. The highest BCUT2D eigenvalue weighted by Crippen LogP contribution is 2.16. The third-order valence-corrected chi connectivity index (χ3v) is 2.22. The van der Waals surface area contributed by atoms with Crippen molar-refractivity contribution in [3.05, 3.63) is 47.9 Å². The van der Waals surface area contributed by atoms with Gasteiger partial charge in [0.05, 0.1) is 0 Å². The van der Waals surface area contributed by atoms with Gasteiger partial charge < -0.3 is 0 Å². The van der Waals surface area contributed by atoms with Crippen molar-refractivity contribution in [3.63, 3.8) is 0 Å². The van der Waals surface area contributed by atoms with E-state index in [4.69, 9.17) is 0 Å². The molecule has 0 atom stereocenters. The van der Waals surface area contributed by atoms with Crippen LogP contribution in [0.3, 0.4) is 0 Å². The Balaban J connectivity index is 3.99. The summed E-state index contributed by atoms with van der Waals surface area (Å²) in [7, 11) is 0. The summed E-state index contributed by atoms with van der Waals surface area (Å²) in [4.78, 5) is 1.14. The first kappa shape index (κ1) is 11.3. The topological polar surface area (TPSA) is 0 Å². The second-order valence-electron chi connectivity index (χ2n) is 2.46. The number of hydrogen-bond donors (Lipinski definition) is 0. The van der Waals surface area contributed by atoms with Gasteiger partial charge in [0.2, 0.25) is 0 Å². The van der Waals surface area contributed by atoms with Gasteiger partial charge in [-0.25, -0.2) is 0 Å². The summed E-state index contributed by atoms with van der Waals surface area (Å²) in [6, 6.07) is 0. The van der Waals surface area contributed by atoms with Gasteiger partial charge in [-0.15, -0.1) is 11.8 Å². The van der Waals surface area contributed by atoms with E-state index in [1.807, 2.05) is 32.1 Å². The lowest BCUT2D eigenvalue weighted by atomic mass is 10.3. The van der Waals surface area contributed by atoms with Gasteiger partial charge in [0.15, 0.2) is 0 Å². The molecule has 0 aromatic heterocycles. The molecule has 66 valence electrons. The van der Waals surface area contributed by atoms with Crippen LogP contribution in [0.1, 0.15) is 13.8 Å². The largest absolute Gasteiger partial charge is 0.127 e. The molecule has 0 aromatic carbocycles. The minimum Gasteiger partial charge on any atom is -0.127 e. The maximum absolute atomic E-state index is 3.83. The van der Waals surface area contributed by atoms with Crippen LogP contribution in [-0.4, -0.2) is 5.75 Å². The van der Waals surface area contributed by atoms with Crippen LogP contribution >= 0.6 is 11.8 Å². The van der Waals surface area contributed by atoms with E-state index in [1.54, 1.807) is 11.8 Å². The number of hydrogen-bond acceptors (Lipinski definition) is 1. The Labute approximate surface area is 79.8 Å². The molecule has 0 radical (unpaired) electrons. The summed E-state index contributed by atoms with van der Waals surface area (Å²) in [5, 5.41) is 0. The highest BCUT2D eigenvalue weighted by atomic mass is 32.2. The van der Waals surface area contributed by atoms with Crippen molar-refractivity contribution < 1.29 is 0 Å². The van der Waals surface area contributed by atoms with Gasteiger partial charge in [-0.1, -0.05) is 37.5 Å². The van der Waals surface area contributed by atoms with Crippen molar-refractivity contribution in [1.29, 1.82) is 0 Å². The van der Waals surface area contributed by atoms with Crippen LogP contribution in [-0.2, 0) is 0 Å². The summed E-state index contributed by atoms with van der Waals surface area (Å²) in [6.45, 7) is 11.6. The molecule has 0 saturated carbocycles. The molecule has 0 heterocycles. The lowest BCUT2D eigenvalue weighted by Gasteiger charge is -1.99. The number of allylic oxidation sites excluding steroid dienone is 5. The van der Waals surface area contributed by atoms with Crippen LogP contribution in [0, 0.1) is 0 Å². The molecule has 0 nitrogen and oxygen atoms in total. The van der Waals surface area contributed by atoms with Crippen molar-refractivity contribution >= 4 is 11.8 Å². The standard InChI is InChI=1S/C11H16S/c1-5-7-8-11(6-2)9-12-10(3)4/h5-8H,2-3,9H2,1,4H3/b7-5-,11-8+. The van der Waals surface area contributed by atoms with Crippen molar-refractivity contribution in [3.8, 4) is 0 Å². The van der Waals surface area contributed by atoms with Crippen molar-refractivity contribution in [2.24, 2.45) is 0 Å². The highest BCUT2D eigenvalue weighted by molar-refractivity contribution is 8.03. The van der Waals surface area contributed by atoms with E-state index in [0.717, 1.165) is 10.7 Å². The average molecular weight is 180 g/mol. The Morgan fingerprint density at radius 1 is 1.50 bits per heavy atom. The molecule has 0 aliphatic rings. The lowest BCUT2D eigenvalue weighted by molar-refractivity contribution is 1.54. The lowest BCUT2D eigenvalue weighted by Crippen LogP contribution is -1.81. The molecule has 0 fully saturated rings. The zero-order valence-corrected chi connectivity index (χ0v) is 8.66. The zero-order chi connectivity index (χ0) is 9.40. The molecular formula is C11H16S. The predicted molar refractivity (Wildman–Crippen MR) is 60.4 cm³/mol. The molecular weight excluding hydrogens is 164 g/mol. The maximum Gasteiger partial charge on any atom is 0.0228 e. The minimum atomic E-state index is 0.961. The molecule has 0 bridgehead atoms. The Kier molecular flexibility index (Phi) is 6.58.